The second kappa shape index (κ2) is 7.23. The van der Waals surface area contributed by atoms with Gasteiger partial charge >= 0.3 is 0 Å². The molecule has 0 atom stereocenters. The topological polar surface area (TPSA) is 64.4 Å². The van der Waals surface area contributed by atoms with Gasteiger partial charge in [0.2, 0.25) is 0 Å². The van der Waals surface area contributed by atoms with Gasteiger partial charge in [-0.05, 0) is 30.7 Å². The van der Waals surface area contributed by atoms with Crippen molar-refractivity contribution in [2.45, 2.75) is 6.42 Å². The van der Waals surface area contributed by atoms with Crippen molar-refractivity contribution < 1.29 is 14.1 Å². The molecule has 0 bridgehead atoms. The molecule has 2 aromatic rings. The van der Waals surface area contributed by atoms with Crippen LogP contribution in [0.2, 0.25) is 0 Å². The number of nitrogens with one attached hydrogen (secondary N) is 1. The molecule has 0 radical (unpaired) electrons. The molecule has 0 unspecified atom stereocenters. The Hall–Kier alpha value is -2.63. The molecule has 0 heterocycles. The van der Waals surface area contributed by atoms with Gasteiger partial charge in [-0.25, -0.2) is 4.39 Å². The molecule has 2 aromatic carbocycles. The first-order chi connectivity index (χ1) is 10.2. The smallest absolute Gasteiger partial charge is 0.295 e. The number of halogens is 1. The Bertz CT molecular complexity index is 605. The summed E-state index contributed by atoms with van der Waals surface area (Å²) in [5.41, 5.74) is 0.0417. The molecule has 0 aromatic heterocycles. The molecular weight excluding hydrogens is 275 g/mol. The first-order valence-electron chi connectivity index (χ1n) is 6.52. The molecule has 2 rings (SSSR count). The van der Waals surface area contributed by atoms with Gasteiger partial charge in [0, 0.05) is 6.54 Å². The molecule has 0 aliphatic rings. The van der Waals surface area contributed by atoms with Crippen LogP contribution < -0.4 is 10.1 Å². The van der Waals surface area contributed by atoms with Gasteiger partial charge in [0.05, 0.1) is 17.6 Å². The van der Waals surface area contributed by atoms with Crippen LogP contribution in [0.4, 0.5) is 15.8 Å². The molecule has 0 spiro atoms. The van der Waals surface area contributed by atoms with E-state index in [1.54, 1.807) is 0 Å². The van der Waals surface area contributed by atoms with E-state index in [0.29, 0.717) is 25.3 Å². The fraction of sp³-hybridized carbons (Fsp3) is 0.200. The van der Waals surface area contributed by atoms with Gasteiger partial charge in [-0.3, -0.25) is 10.1 Å². The van der Waals surface area contributed by atoms with E-state index in [9.17, 15) is 14.5 Å². The molecule has 0 amide bonds. The number of nitro groups is 1. The van der Waals surface area contributed by atoms with E-state index >= 15 is 0 Å². The number of nitrogens with zero attached hydrogens (tertiary/aromatic N) is 1. The van der Waals surface area contributed by atoms with Crippen molar-refractivity contribution in [1.29, 1.82) is 0 Å². The summed E-state index contributed by atoms with van der Waals surface area (Å²) >= 11 is 0. The van der Waals surface area contributed by atoms with Gasteiger partial charge < -0.3 is 10.1 Å². The van der Waals surface area contributed by atoms with Crippen molar-refractivity contribution in [2.24, 2.45) is 0 Å². The lowest BCUT2D eigenvalue weighted by molar-refractivity contribution is -0.384. The summed E-state index contributed by atoms with van der Waals surface area (Å²) < 4.78 is 18.5. The van der Waals surface area contributed by atoms with Crippen LogP contribution in [0, 0.1) is 15.9 Å². The Morgan fingerprint density at radius 3 is 2.67 bits per heavy atom. The number of anilines is 1. The molecule has 6 heteroatoms. The Morgan fingerprint density at radius 1 is 1.19 bits per heavy atom. The normalized spacial score (nSPS) is 10.1. The molecule has 1 N–H and O–H groups in total. The summed E-state index contributed by atoms with van der Waals surface area (Å²) in [6.07, 6.45) is 0.670. The van der Waals surface area contributed by atoms with E-state index in [0.717, 1.165) is 11.8 Å². The highest BCUT2D eigenvalue weighted by Crippen LogP contribution is 2.24. The maximum absolute atomic E-state index is 13.0. The average molecular weight is 290 g/mol. The molecule has 0 saturated carbocycles. The zero-order chi connectivity index (χ0) is 15.1. The van der Waals surface area contributed by atoms with Gasteiger partial charge in [-0.1, -0.05) is 18.2 Å². The van der Waals surface area contributed by atoms with Crippen molar-refractivity contribution in [3.05, 3.63) is 64.5 Å². The van der Waals surface area contributed by atoms with Crippen molar-refractivity contribution >= 4 is 11.4 Å². The molecule has 0 saturated heterocycles. The third-order valence-electron chi connectivity index (χ3n) is 2.80. The fourth-order valence-electron chi connectivity index (χ4n) is 1.81. The Morgan fingerprint density at radius 2 is 1.95 bits per heavy atom. The minimum Gasteiger partial charge on any atom is -0.494 e. The van der Waals surface area contributed by atoms with Crippen molar-refractivity contribution in [3.63, 3.8) is 0 Å². The standard InChI is InChI=1S/C15H15FN2O3/c16-12-7-8-14(15(11-12)18(19)20)17-9-4-10-21-13-5-2-1-3-6-13/h1-3,5-8,11,17H,4,9-10H2. The molecule has 110 valence electrons. The van der Waals surface area contributed by atoms with E-state index in [-0.39, 0.29) is 5.69 Å². The largest absolute Gasteiger partial charge is 0.494 e. The third-order valence-corrected chi connectivity index (χ3v) is 2.80. The molecular formula is C15H15FN2O3. The number of hydrogen-bond donors (Lipinski definition) is 1. The zero-order valence-corrected chi connectivity index (χ0v) is 11.3. The lowest BCUT2D eigenvalue weighted by atomic mass is 10.2. The van der Waals surface area contributed by atoms with Crippen LogP contribution in [-0.4, -0.2) is 18.1 Å². The lowest BCUT2D eigenvalue weighted by Gasteiger charge is -2.08. The van der Waals surface area contributed by atoms with Crippen LogP contribution in [0.25, 0.3) is 0 Å². The number of ether oxygens (including phenoxy) is 1. The predicted molar refractivity (Wildman–Crippen MR) is 78.1 cm³/mol. The Balaban J connectivity index is 1.80. The van der Waals surface area contributed by atoms with Gasteiger partial charge in [-0.2, -0.15) is 0 Å². The molecule has 21 heavy (non-hydrogen) atoms. The first kappa shape index (κ1) is 14.8. The average Bonchev–Trinajstić information content (AvgIpc) is 2.49. The summed E-state index contributed by atoms with van der Waals surface area (Å²) in [5.74, 6) is 0.157. The van der Waals surface area contributed by atoms with Gasteiger partial charge in [0.15, 0.2) is 0 Å². The molecule has 0 fully saturated rings. The maximum atomic E-state index is 13.0. The van der Waals surface area contributed by atoms with E-state index in [2.05, 4.69) is 5.32 Å². The SMILES string of the molecule is O=[N+]([O-])c1cc(F)ccc1NCCCOc1ccccc1. The minimum atomic E-state index is -0.625. The highest BCUT2D eigenvalue weighted by atomic mass is 19.1. The zero-order valence-electron chi connectivity index (χ0n) is 11.3. The van der Waals surface area contributed by atoms with Gasteiger partial charge in [-0.15, -0.1) is 0 Å². The van der Waals surface area contributed by atoms with Gasteiger partial charge in [0.25, 0.3) is 5.69 Å². The Labute approximate surface area is 121 Å². The quantitative estimate of drug-likeness (QED) is 0.480. The Kier molecular flexibility index (Phi) is 5.09. The first-order valence-corrected chi connectivity index (χ1v) is 6.52. The minimum absolute atomic E-state index is 0.265. The summed E-state index contributed by atoms with van der Waals surface area (Å²) in [7, 11) is 0. The number of benzene rings is 2. The molecule has 0 aliphatic heterocycles. The maximum Gasteiger partial charge on any atom is 0.295 e. The van der Waals surface area contributed by atoms with Crippen molar-refractivity contribution in [1.82, 2.24) is 0 Å². The molecule has 0 aliphatic carbocycles. The van der Waals surface area contributed by atoms with Crippen LogP contribution in [0.3, 0.4) is 0 Å². The second-order valence-corrected chi connectivity index (χ2v) is 4.36. The van der Waals surface area contributed by atoms with E-state index in [4.69, 9.17) is 4.74 Å². The number of hydrogen-bond acceptors (Lipinski definition) is 4. The summed E-state index contributed by atoms with van der Waals surface area (Å²) in [6.45, 7) is 0.991. The van der Waals surface area contributed by atoms with Crippen LogP contribution >= 0.6 is 0 Å². The van der Waals surface area contributed by atoms with Gasteiger partial charge in [0.1, 0.15) is 17.3 Å². The van der Waals surface area contributed by atoms with Crippen LogP contribution in [0.15, 0.2) is 48.5 Å². The third kappa shape index (κ3) is 4.45. The van der Waals surface area contributed by atoms with Crippen molar-refractivity contribution in [3.8, 4) is 5.75 Å². The van der Waals surface area contributed by atoms with Crippen LogP contribution in [0.1, 0.15) is 6.42 Å². The number of rotatable bonds is 7. The highest BCUT2D eigenvalue weighted by molar-refractivity contribution is 5.61. The number of nitro benzene ring substituents is 1. The second-order valence-electron chi connectivity index (χ2n) is 4.36. The summed E-state index contributed by atoms with van der Waals surface area (Å²) in [6, 6.07) is 12.9. The van der Waals surface area contributed by atoms with Crippen LogP contribution in [-0.2, 0) is 0 Å². The van der Waals surface area contributed by atoms with E-state index < -0.39 is 10.7 Å². The monoisotopic (exact) mass is 290 g/mol. The van der Waals surface area contributed by atoms with E-state index in [1.165, 1.54) is 12.1 Å². The molecule has 5 nitrogen and oxygen atoms in total. The summed E-state index contributed by atoms with van der Waals surface area (Å²) in [5, 5.41) is 13.7. The fourth-order valence-corrected chi connectivity index (χ4v) is 1.81. The van der Waals surface area contributed by atoms with Crippen LogP contribution in [0.5, 0.6) is 5.75 Å². The highest BCUT2D eigenvalue weighted by Gasteiger charge is 2.14. The number of para-hydroxylation sites is 1. The lowest BCUT2D eigenvalue weighted by Crippen LogP contribution is -2.08. The van der Waals surface area contributed by atoms with E-state index in [1.807, 2.05) is 30.3 Å². The predicted octanol–water partition coefficient (Wildman–Crippen LogP) is 3.61. The van der Waals surface area contributed by atoms with Crippen molar-refractivity contribution in [2.75, 3.05) is 18.5 Å². The summed E-state index contributed by atoms with van der Waals surface area (Å²) in [4.78, 5) is 10.2.